The number of aromatic nitrogens is 4. The van der Waals surface area contributed by atoms with Gasteiger partial charge in [-0.1, -0.05) is 61.9 Å². The van der Waals surface area contributed by atoms with Crippen LogP contribution in [0.1, 0.15) is 86.8 Å². The molecule has 1 saturated heterocycles. The van der Waals surface area contributed by atoms with Gasteiger partial charge in [-0.2, -0.15) is 0 Å². The van der Waals surface area contributed by atoms with Crippen molar-refractivity contribution in [1.82, 2.24) is 30.0 Å². The number of tetrazole rings is 1. The Bertz CT molecular complexity index is 802. The molecule has 0 bridgehead atoms. The minimum atomic E-state index is 0. The zero-order valence-electron chi connectivity index (χ0n) is 18.8. The van der Waals surface area contributed by atoms with E-state index < -0.39 is 0 Å². The maximum absolute atomic E-state index is 4.61. The molecule has 1 aromatic heterocycles. The van der Waals surface area contributed by atoms with Crippen molar-refractivity contribution in [3.8, 4) is 0 Å². The Morgan fingerprint density at radius 3 is 2.10 bits per heavy atom. The molecule has 6 nitrogen and oxygen atoms in total. The van der Waals surface area contributed by atoms with Gasteiger partial charge in [0, 0.05) is 32.2 Å². The summed E-state index contributed by atoms with van der Waals surface area (Å²) in [6.45, 7) is 6.67. The van der Waals surface area contributed by atoms with Crippen molar-refractivity contribution in [3.05, 3.63) is 41.2 Å². The van der Waals surface area contributed by atoms with E-state index in [9.17, 15) is 0 Å². The molecule has 0 N–H and O–H groups in total. The van der Waals surface area contributed by atoms with Gasteiger partial charge in [0.25, 0.3) is 0 Å². The van der Waals surface area contributed by atoms with E-state index in [0.717, 1.165) is 38.0 Å². The number of nitrogens with zero attached hydrogens (tertiary/aromatic N) is 6. The van der Waals surface area contributed by atoms with Crippen LogP contribution in [0.4, 0.5) is 0 Å². The van der Waals surface area contributed by atoms with Gasteiger partial charge < -0.3 is 0 Å². The first-order valence-electron chi connectivity index (χ1n) is 12.1. The molecule has 170 valence electrons. The van der Waals surface area contributed by atoms with Crippen LogP contribution in [0.25, 0.3) is 0 Å². The third-order valence-electron chi connectivity index (χ3n) is 7.63. The lowest BCUT2D eigenvalue weighted by atomic mass is 9.95. The van der Waals surface area contributed by atoms with Crippen LogP contribution < -0.4 is 0 Å². The van der Waals surface area contributed by atoms with Crippen LogP contribution >= 0.6 is 12.4 Å². The summed E-state index contributed by atoms with van der Waals surface area (Å²) in [7, 11) is 0. The molecule has 2 saturated carbocycles. The summed E-state index contributed by atoms with van der Waals surface area (Å²) in [6, 6.07) is 10.4. The highest BCUT2D eigenvalue weighted by molar-refractivity contribution is 5.85. The van der Waals surface area contributed by atoms with E-state index in [-0.39, 0.29) is 18.4 Å². The predicted octanol–water partition coefficient (Wildman–Crippen LogP) is 4.56. The Hall–Kier alpha value is -1.50. The number of halogens is 1. The minimum absolute atomic E-state index is 0. The second-order valence-corrected chi connectivity index (χ2v) is 9.60. The highest BCUT2D eigenvalue weighted by Crippen LogP contribution is 2.34. The van der Waals surface area contributed by atoms with Crippen LogP contribution in [0.5, 0.6) is 0 Å². The summed E-state index contributed by atoms with van der Waals surface area (Å²) in [5.41, 5.74) is 2.62. The molecule has 0 spiro atoms. The number of hydrogen-bond donors (Lipinski definition) is 0. The summed E-state index contributed by atoms with van der Waals surface area (Å²) in [5, 5.41) is 13.3. The van der Waals surface area contributed by atoms with Gasteiger partial charge in [0.05, 0.1) is 12.1 Å². The lowest BCUT2D eigenvalue weighted by Crippen LogP contribution is -2.51. The van der Waals surface area contributed by atoms with E-state index in [1.165, 1.54) is 68.9 Å². The van der Waals surface area contributed by atoms with E-state index in [2.05, 4.69) is 61.2 Å². The molecular weight excluding hydrogens is 408 g/mol. The molecule has 5 rings (SSSR count). The molecule has 3 fully saturated rings. The molecule has 2 heterocycles. The number of piperazine rings is 1. The molecule has 2 aliphatic carbocycles. The SMILES string of the molecule is Cc1ccc(C(c2nnnn2C2CCCCC2)N2CCN(C3CCCC3)CC2)cc1.Cl. The van der Waals surface area contributed by atoms with Gasteiger partial charge in [0.1, 0.15) is 0 Å². The monoisotopic (exact) mass is 444 g/mol. The summed E-state index contributed by atoms with van der Waals surface area (Å²) in [5.74, 6) is 1.04. The summed E-state index contributed by atoms with van der Waals surface area (Å²) < 4.78 is 2.17. The van der Waals surface area contributed by atoms with Gasteiger partial charge in [-0.15, -0.1) is 17.5 Å². The Morgan fingerprint density at radius 2 is 1.42 bits per heavy atom. The zero-order chi connectivity index (χ0) is 20.3. The number of rotatable bonds is 5. The largest absolute Gasteiger partial charge is 0.298 e. The lowest BCUT2D eigenvalue weighted by Gasteiger charge is -2.41. The van der Waals surface area contributed by atoms with Crippen molar-refractivity contribution >= 4 is 12.4 Å². The van der Waals surface area contributed by atoms with E-state index in [0.29, 0.717) is 6.04 Å². The quantitative estimate of drug-likeness (QED) is 0.676. The molecule has 7 heteroatoms. The van der Waals surface area contributed by atoms with Gasteiger partial charge in [0.15, 0.2) is 5.82 Å². The zero-order valence-corrected chi connectivity index (χ0v) is 19.6. The first kappa shape index (κ1) is 22.7. The number of hydrogen-bond acceptors (Lipinski definition) is 5. The Kier molecular flexibility index (Phi) is 7.62. The van der Waals surface area contributed by atoms with Crippen molar-refractivity contribution in [3.63, 3.8) is 0 Å². The topological polar surface area (TPSA) is 50.1 Å². The summed E-state index contributed by atoms with van der Waals surface area (Å²) in [6.07, 6.45) is 11.9. The third kappa shape index (κ3) is 4.96. The van der Waals surface area contributed by atoms with Gasteiger partial charge in [-0.05, 0) is 48.6 Å². The summed E-state index contributed by atoms with van der Waals surface area (Å²) in [4.78, 5) is 5.36. The van der Waals surface area contributed by atoms with Crippen LogP contribution in [0.15, 0.2) is 24.3 Å². The second-order valence-electron chi connectivity index (χ2n) is 9.60. The Morgan fingerprint density at radius 1 is 0.806 bits per heavy atom. The van der Waals surface area contributed by atoms with Gasteiger partial charge in [0.2, 0.25) is 0 Å². The normalized spacial score (nSPS) is 23.0. The van der Waals surface area contributed by atoms with Gasteiger partial charge in [-0.3, -0.25) is 9.80 Å². The molecule has 3 aliphatic rings. The van der Waals surface area contributed by atoms with E-state index in [1.54, 1.807) is 0 Å². The lowest BCUT2D eigenvalue weighted by molar-refractivity contribution is 0.0760. The molecule has 1 aliphatic heterocycles. The van der Waals surface area contributed by atoms with E-state index in [1.807, 2.05) is 0 Å². The van der Waals surface area contributed by atoms with Gasteiger partial charge in [-0.25, -0.2) is 4.68 Å². The number of benzene rings is 1. The predicted molar refractivity (Wildman–Crippen MR) is 126 cm³/mol. The molecule has 0 radical (unpaired) electrons. The fraction of sp³-hybridized carbons (Fsp3) is 0.708. The Balaban J connectivity index is 0.00000231. The van der Waals surface area contributed by atoms with Crippen molar-refractivity contribution < 1.29 is 0 Å². The van der Waals surface area contributed by atoms with Crippen LogP contribution in [0.2, 0.25) is 0 Å². The molecular formula is C24H37ClN6. The highest BCUT2D eigenvalue weighted by Gasteiger charge is 2.34. The minimum Gasteiger partial charge on any atom is -0.298 e. The highest BCUT2D eigenvalue weighted by atomic mass is 35.5. The fourth-order valence-electron chi connectivity index (χ4n) is 5.87. The third-order valence-corrected chi connectivity index (χ3v) is 7.63. The molecule has 2 aromatic rings. The average molecular weight is 445 g/mol. The maximum atomic E-state index is 4.61. The molecule has 1 unspecified atom stereocenters. The second kappa shape index (κ2) is 10.4. The maximum Gasteiger partial charge on any atom is 0.173 e. The molecule has 1 aromatic carbocycles. The average Bonchev–Trinajstić information content (AvgIpc) is 3.49. The van der Waals surface area contributed by atoms with Crippen molar-refractivity contribution in [2.45, 2.75) is 82.8 Å². The summed E-state index contributed by atoms with van der Waals surface area (Å²) >= 11 is 0. The van der Waals surface area contributed by atoms with E-state index in [4.69, 9.17) is 0 Å². The first-order valence-corrected chi connectivity index (χ1v) is 12.1. The van der Waals surface area contributed by atoms with Crippen molar-refractivity contribution in [1.29, 1.82) is 0 Å². The Labute approximate surface area is 192 Å². The van der Waals surface area contributed by atoms with Crippen molar-refractivity contribution in [2.75, 3.05) is 26.2 Å². The van der Waals surface area contributed by atoms with Crippen LogP contribution in [0, 0.1) is 6.92 Å². The van der Waals surface area contributed by atoms with Crippen LogP contribution in [-0.4, -0.2) is 62.2 Å². The number of aryl methyl sites for hydroxylation is 1. The van der Waals surface area contributed by atoms with Crippen molar-refractivity contribution in [2.24, 2.45) is 0 Å². The molecule has 0 amide bonds. The van der Waals surface area contributed by atoms with Crippen LogP contribution in [-0.2, 0) is 0 Å². The van der Waals surface area contributed by atoms with Crippen LogP contribution in [0.3, 0.4) is 0 Å². The first-order chi connectivity index (χ1) is 14.8. The molecule has 31 heavy (non-hydrogen) atoms. The molecule has 1 atom stereocenters. The fourth-order valence-corrected chi connectivity index (χ4v) is 5.87. The standard InChI is InChI=1S/C24H36N6.ClH/c1-19-11-13-20(14-12-19)23(24-25-26-27-30(24)22-9-3-2-4-10-22)29-17-15-28(16-18-29)21-7-5-6-8-21;/h11-14,21-23H,2-10,15-18H2,1H3;1H. The van der Waals surface area contributed by atoms with E-state index >= 15 is 0 Å². The smallest absolute Gasteiger partial charge is 0.173 e. The van der Waals surface area contributed by atoms with Gasteiger partial charge >= 0.3 is 0 Å².